The Balaban J connectivity index is 2.68. The van der Waals surface area contributed by atoms with Crippen LogP contribution in [0.4, 0.5) is 5.69 Å². The first kappa shape index (κ1) is 11.4. The summed E-state index contributed by atoms with van der Waals surface area (Å²) in [4.78, 5) is 2.21. The number of anilines is 1. The van der Waals surface area contributed by atoms with Gasteiger partial charge in [-0.25, -0.2) is 8.42 Å². The van der Waals surface area contributed by atoms with Crippen LogP contribution in [0.25, 0.3) is 0 Å². The highest BCUT2D eigenvalue weighted by Crippen LogP contribution is 2.35. The third-order valence-electron chi connectivity index (χ3n) is 3.28. The molecule has 0 fully saturated rings. The van der Waals surface area contributed by atoms with Crippen LogP contribution in [0, 0.1) is 0 Å². The van der Waals surface area contributed by atoms with E-state index in [0.717, 1.165) is 0 Å². The number of para-hydroxylation sites is 1. The van der Waals surface area contributed by atoms with Crippen LogP contribution < -0.4 is 4.90 Å². The summed E-state index contributed by atoms with van der Waals surface area (Å²) in [6.07, 6.45) is 0. The van der Waals surface area contributed by atoms with Crippen molar-refractivity contribution in [2.45, 2.75) is 23.1 Å². The third kappa shape index (κ3) is 1.43. The van der Waals surface area contributed by atoms with Gasteiger partial charge in [-0.05, 0) is 19.1 Å². The molecule has 0 radical (unpaired) electrons. The maximum atomic E-state index is 12.2. The van der Waals surface area contributed by atoms with E-state index in [1.54, 1.807) is 18.2 Å². The number of nitrogens with zero attached hydrogens (tertiary/aromatic N) is 1. The van der Waals surface area contributed by atoms with Crippen molar-refractivity contribution in [1.82, 2.24) is 0 Å². The zero-order valence-corrected chi connectivity index (χ0v) is 10.1. The van der Waals surface area contributed by atoms with E-state index in [1.165, 1.54) is 0 Å². The lowest BCUT2D eigenvalue weighted by Gasteiger charge is -2.38. The average Bonchev–Trinajstić information content (AvgIpc) is 2.27. The molecule has 4 nitrogen and oxygen atoms in total. The molecule has 5 heteroatoms. The molecule has 1 aliphatic rings. The van der Waals surface area contributed by atoms with Crippen LogP contribution in [0.15, 0.2) is 29.2 Å². The molecule has 1 aliphatic heterocycles. The molecule has 0 amide bonds. The number of hydrogen-bond donors (Lipinski definition) is 1. The SMILES string of the molecule is CC1C(CO)S(=O)(=O)c2ccccc2N1C. The van der Waals surface area contributed by atoms with E-state index in [0.29, 0.717) is 10.6 Å². The smallest absolute Gasteiger partial charge is 0.187 e. The summed E-state index contributed by atoms with van der Waals surface area (Å²) in [5.41, 5.74) is 0.708. The molecule has 2 atom stereocenters. The average molecular weight is 241 g/mol. The van der Waals surface area contributed by atoms with Crippen LogP contribution in [0.3, 0.4) is 0 Å². The molecule has 1 aromatic carbocycles. The Hall–Kier alpha value is -1.07. The van der Waals surface area contributed by atoms with Gasteiger partial charge in [-0.15, -0.1) is 0 Å². The van der Waals surface area contributed by atoms with Crippen molar-refractivity contribution < 1.29 is 13.5 Å². The second-order valence-corrected chi connectivity index (χ2v) is 6.22. The first-order chi connectivity index (χ1) is 7.50. The zero-order valence-electron chi connectivity index (χ0n) is 9.29. The number of fused-ring (bicyclic) bond motifs is 1. The molecule has 0 spiro atoms. The molecular weight excluding hydrogens is 226 g/mol. The molecule has 0 saturated heterocycles. The second kappa shape index (κ2) is 3.75. The predicted octanol–water partition coefficient (Wildman–Crippen LogP) is 0.659. The minimum atomic E-state index is -3.41. The van der Waals surface area contributed by atoms with Crippen molar-refractivity contribution in [3.05, 3.63) is 24.3 Å². The summed E-state index contributed by atoms with van der Waals surface area (Å²) in [7, 11) is -1.56. The molecule has 0 bridgehead atoms. The van der Waals surface area contributed by atoms with Crippen molar-refractivity contribution in [1.29, 1.82) is 0 Å². The largest absolute Gasteiger partial charge is 0.395 e. The quantitative estimate of drug-likeness (QED) is 0.784. The molecule has 0 aliphatic carbocycles. The van der Waals surface area contributed by atoms with E-state index in [4.69, 9.17) is 0 Å². The van der Waals surface area contributed by atoms with Gasteiger partial charge in [0, 0.05) is 13.1 Å². The fourth-order valence-corrected chi connectivity index (χ4v) is 4.13. The van der Waals surface area contributed by atoms with Crippen LogP contribution in [-0.4, -0.2) is 38.5 Å². The topological polar surface area (TPSA) is 57.6 Å². The summed E-state index contributed by atoms with van der Waals surface area (Å²) in [6.45, 7) is 1.47. The molecule has 0 aromatic heterocycles. The molecule has 2 rings (SSSR count). The van der Waals surface area contributed by atoms with Crippen LogP contribution in [0.1, 0.15) is 6.92 Å². The van der Waals surface area contributed by atoms with Crippen molar-refractivity contribution in [2.24, 2.45) is 0 Å². The van der Waals surface area contributed by atoms with E-state index in [1.807, 2.05) is 24.9 Å². The lowest BCUT2D eigenvalue weighted by molar-refractivity contribution is 0.277. The predicted molar refractivity (Wildman–Crippen MR) is 62.4 cm³/mol. The van der Waals surface area contributed by atoms with Crippen LogP contribution in [0.5, 0.6) is 0 Å². The summed E-state index contributed by atoms with van der Waals surface area (Å²) >= 11 is 0. The highest BCUT2D eigenvalue weighted by molar-refractivity contribution is 7.92. The molecule has 1 aromatic rings. The van der Waals surface area contributed by atoms with Gasteiger partial charge in [0.05, 0.1) is 17.2 Å². The van der Waals surface area contributed by atoms with Gasteiger partial charge in [0.2, 0.25) is 0 Å². The zero-order chi connectivity index (χ0) is 11.9. The Morgan fingerprint density at radius 2 is 2.00 bits per heavy atom. The summed E-state index contributed by atoms with van der Waals surface area (Å²) in [6, 6.07) is 6.68. The summed E-state index contributed by atoms with van der Waals surface area (Å²) < 4.78 is 24.4. The van der Waals surface area contributed by atoms with Crippen molar-refractivity contribution in [2.75, 3.05) is 18.6 Å². The van der Waals surface area contributed by atoms with Gasteiger partial charge in [0.25, 0.3) is 0 Å². The Bertz CT molecular complexity index is 498. The number of rotatable bonds is 1. The lowest BCUT2D eigenvalue weighted by atomic mass is 10.1. The first-order valence-corrected chi connectivity index (χ1v) is 6.71. The van der Waals surface area contributed by atoms with E-state index < -0.39 is 15.1 Å². The van der Waals surface area contributed by atoms with Gasteiger partial charge in [-0.1, -0.05) is 12.1 Å². The van der Waals surface area contributed by atoms with Crippen molar-refractivity contribution in [3.8, 4) is 0 Å². The van der Waals surface area contributed by atoms with E-state index in [9.17, 15) is 13.5 Å². The maximum Gasteiger partial charge on any atom is 0.187 e. The minimum absolute atomic E-state index is 0.218. The Morgan fingerprint density at radius 3 is 2.62 bits per heavy atom. The number of sulfone groups is 1. The maximum absolute atomic E-state index is 12.2. The van der Waals surface area contributed by atoms with E-state index in [-0.39, 0.29) is 12.6 Å². The monoisotopic (exact) mass is 241 g/mol. The third-order valence-corrected chi connectivity index (χ3v) is 5.58. The van der Waals surface area contributed by atoms with Crippen LogP contribution >= 0.6 is 0 Å². The second-order valence-electron chi connectivity index (χ2n) is 4.09. The molecule has 2 unspecified atom stereocenters. The Labute approximate surface area is 95.4 Å². The number of aliphatic hydroxyl groups is 1. The van der Waals surface area contributed by atoms with Gasteiger partial charge in [0.15, 0.2) is 9.84 Å². The molecule has 1 N–H and O–H groups in total. The van der Waals surface area contributed by atoms with Crippen molar-refractivity contribution >= 4 is 15.5 Å². The van der Waals surface area contributed by atoms with Crippen LogP contribution in [-0.2, 0) is 9.84 Å². The molecular formula is C11H15NO3S. The van der Waals surface area contributed by atoms with Crippen LogP contribution in [0.2, 0.25) is 0 Å². The lowest BCUT2D eigenvalue weighted by Crippen LogP contribution is -2.49. The Kier molecular flexibility index (Phi) is 2.67. The molecule has 88 valence electrons. The van der Waals surface area contributed by atoms with Gasteiger partial charge in [-0.3, -0.25) is 0 Å². The highest BCUT2D eigenvalue weighted by Gasteiger charge is 2.40. The fourth-order valence-electron chi connectivity index (χ4n) is 2.13. The normalized spacial score (nSPS) is 27.6. The van der Waals surface area contributed by atoms with Gasteiger partial charge < -0.3 is 10.0 Å². The molecule has 16 heavy (non-hydrogen) atoms. The minimum Gasteiger partial charge on any atom is -0.395 e. The number of aliphatic hydroxyl groups excluding tert-OH is 1. The molecule has 0 saturated carbocycles. The first-order valence-electron chi connectivity index (χ1n) is 5.16. The summed E-state index contributed by atoms with van der Waals surface area (Å²) in [5, 5.41) is 8.49. The highest BCUT2D eigenvalue weighted by atomic mass is 32.2. The summed E-state index contributed by atoms with van der Waals surface area (Å²) in [5.74, 6) is 0. The van der Waals surface area contributed by atoms with Crippen molar-refractivity contribution in [3.63, 3.8) is 0 Å². The van der Waals surface area contributed by atoms with Gasteiger partial charge in [0.1, 0.15) is 5.25 Å². The Morgan fingerprint density at radius 1 is 1.38 bits per heavy atom. The standard InChI is InChI=1S/C11H15NO3S/c1-8-11(7-13)16(14,15)10-6-4-3-5-9(10)12(8)2/h3-6,8,11,13H,7H2,1-2H3. The van der Waals surface area contributed by atoms with E-state index in [2.05, 4.69) is 0 Å². The van der Waals surface area contributed by atoms with Gasteiger partial charge >= 0.3 is 0 Å². The molecule has 1 heterocycles. The van der Waals surface area contributed by atoms with Gasteiger partial charge in [-0.2, -0.15) is 0 Å². The number of benzene rings is 1. The van der Waals surface area contributed by atoms with E-state index >= 15 is 0 Å². The number of hydrogen-bond acceptors (Lipinski definition) is 4. The fraction of sp³-hybridized carbons (Fsp3) is 0.455.